The Balaban J connectivity index is 2.68. The van der Waals surface area contributed by atoms with Crippen LogP contribution in [0.2, 0.25) is 0 Å². The molecule has 7 nitrogen and oxygen atoms in total. The van der Waals surface area contributed by atoms with Gasteiger partial charge in [-0.25, -0.2) is 0 Å². The number of anilines is 1. The highest BCUT2D eigenvalue weighted by Gasteiger charge is 2.11. The molecular formula is C15H17N3O4. The van der Waals surface area contributed by atoms with Gasteiger partial charge in [0.05, 0.1) is 6.61 Å². The molecule has 0 aliphatic heterocycles. The topological polar surface area (TPSA) is 111 Å². The van der Waals surface area contributed by atoms with E-state index in [4.69, 9.17) is 10.00 Å². The van der Waals surface area contributed by atoms with Crippen molar-refractivity contribution in [2.45, 2.75) is 13.8 Å². The molecule has 0 saturated carbocycles. The van der Waals surface area contributed by atoms with Gasteiger partial charge in [-0.05, 0) is 37.6 Å². The second kappa shape index (κ2) is 8.32. The summed E-state index contributed by atoms with van der Waals surface area (Å²) in [4.78, 5) is 23.1. The molecule has 0 radical (unpaired) electrons. The molecule has 0 atom stereocenters. The summed E-state index contributed by atoms with van der Waals surface area (Å²) in [5.41, 5.74) is 0.955. The van der Waals surface area contributed by atoms with Crippen LogP contribution in [0.1, 0.15) is 12.5 Å². The minimum absolute atomic E-state index is 0.0858. The Morgan fingerprint density at radius 3 is 2.77 bits per heavy atom. The van der Waals surface area contributed by atoms with Crippen molar-refractivity contribution < 1.29 is 19.4 Å². The van der Waals surface area contributed by atoms with Crippen LogP contribution in [0.3, 0.4) is 0 Å². The summed E-state index contributed by atoms with van der Waals surface area (Å²) in [7, 11) is 0. The SMILES string of the molecule is CCOC(=O)CN/C=C(/C#N)C(=O)Nc1ccc(O)cc1C. The second-order valence-corrected chi connectivity index (χ2v) is 4.31. The number of esters is 1. The maximum absolute atomic E-state index is 12.0. The number of amides is 1. The van der Waals surface area contributed by atoms with E-state index >= 15 is 0 Å². The van der Waals surface area contributed by atoms with E-state index in [-0.39, 0.29) is 24.5 Å². The number of rotatable bonds is 6. The predicted molar refractivity (Wildman–Crippen MR) is 79.8 cm³/mol. The molecule has 0 aliphatic carbocycles. The average Bonchev–Trinajstić information content (AvgIpc) is 2.46. The standard InChI is InChI=1S/C15H17N3O4/c1-3-22-14(20)9-17-8-11(7-16)15(21)18-13-5-4-12(19)6-10(13)2/h4-6,8,17,19H,3,9H2,1-2H3,(H,18,21)/b11-8-. The van der Waals surface area contributed by atoms with E-state index < -0.39 is 11.9 Å². The van der Waals surface area contributed by atoms with Crippen LogP contribution in [0.4, 0.5) is 5.69 Å². The van der Waals surface area contributed by atoms with Crippen LogP contribution in [0.5, 0.6) is 5.75 Å². The van der Waals surface area contributed by atoms with Crippen molar-refractivity contribution in [1.29, 1.82) is 5.26 Å². The fraction of sp³-hybridized carbons (Fsp3) is 0.267. The quantitative estimate of drug-likeness (QED) is 0.315. The molecular weight excluding hydrogens is 286 g/mol. The van der Waals surface area contributed by atoms with E-state index in [0.717, 1.165) is 6.20 Å². The molecule has 1 rings (SSSR count). The molecule has 0 aliphatic rings. The fourth-order valence-electron chi connectivity index (χ4n) is 1.57. The monoisotopic (exact) mass is 303 g/mol. The summed E-state index contributed by atoms with van der Waals surface area (Å²) in [5.74, 6) is -1.01. The zero-order valence-corrected chi connectivity index (χ0v) is 12.3. The highest BCUT2D eigenvalue weighted by atomic mass is 16.5. The summed E-state index contributed by atoms with van der Waals surface area (Å²) in [6, 6.07) is 6.19. The second-order valence-electron chi connectivity index (χ2n) is 4.31. The number of carbonyl (C=O) groups excluding carboxylic acids is 2. The van der Waals surface area contributed by atoms with Crippen molar-refractivity contribution in [3.63, 3.8) is 0 Å². The van der Waals surface area contributed by atoms with Crippen molar-refractivity contribution in [2.24, 2.45) is 0 Å². The molecule has 0 unspecified atom stereocenters. The van der Waals surface area contributed by atoms with E-state index in [1.54, 1.807) is 19.9 Å². The summed E-state index contributed by atoms with van der Waals surface area (Å²) in [6.45, 7) is 3.52. The molecule has 0 heterocycles. The number of hydrogen-bond acceptors (Lipinski definition) is 6. The Morgan fingerprint density at radius 1 is 1.45 bits per heavy atom. The van der Waals surface area contributed by atoms with Crippen molar-refractivity contribution in [3.05, 3.63) is 35.5 Å². The third kappa shape index (κ3) is 5.17. The summed E-state index contributed by atoms with van der Waals surface area (Å²) in [5, 5.41) is 23.4. The van der Waals surface area contributed by atoms with Gasteiger partial charge in [-0.2, -0.15) is 5.26 Å². The minimum atomic E-state index is -0.618. The van der Waals surface area contributed by atoms with Crippen LogP contribution in [0.15, 0.2) is 30.0 Å². The number of nitrogens with zero attached hydrogens (tertiary/aromatic N) is 1. The van der Waals surface area contributed by atoms with Gasteiger partial charge in [-0.15, -0.1) is 0 Å². The van der Waals surface area contributed by atoms with Crippen LogP contribution in [0.25, 0.3) is 0 Å². The summed E-state index contributed by atoms with van der Waals surface area (Å²) in [6.07, 6.45) is 1.15. The largest absolute Gasteiger partial charge is 0.508 e. The molecule has 0 spiro atoms. The van der Waals surface area contributed by atoms with E-state index in [2.05, 4.69) is 10.6 Å². The van der Waals surface area contributed by atoms with E-state index in [9.17, 15) is 14.7 Å². The van der Waals surface area contributed by atoms with Gasteiger partial charge >= 0.3 is 5.97 Å². The smallest absolute Gasteiger partial charge is 0.325 e. The molecule has 116 valence electrons. The lowest BCUT2D eigenvalue weighted by Crippen LogP contribution is -2.22. The zero-order chi connectivity index (χ0) is 16.5. The van der Waals surface area contributed by atoms with Gasteiger partial charge < -0.3 is 20.5 Å². The van der Waals surface area contributed by atoms with Crippen molar-refractivity contribution in [1.82, 2.24) is 5.32 Å². The first kappa shape index (κ1) is 17.0. The molecule has 0 aromatic heterocycles. The van der Waals surface area contributed by atoms with Gasteiger partial charge in [0.2, 0.25) is 0 Å². The highest BCUT2D eigenvalue weighted by Crippen LogP contribution is 2.20. The summed E-state index contributed by atoms with van der Waals surface area (Å²) >= 11 is 0. The molecule has 22 heavy (non-hydrogen) atoms. The maximum atomic E-state index is 12.0. The first-order valence-corrected chi connectivity index (χ1v) is 6.58. The fourth-order valence-corrected chi connectivity index (χ4v) is 1.57. The number of hydrogen-bond donors (Lipinski definition) is 3. The third-order valence-electron chi connectivity index (χ3n) is 2.62. The molecule has 1 aromatic rings. The number of nitriles is 1. The zero-order valence-electron chi connectivity index (χ0n) is 12.3. The van der Waals surface area contributed by atoms with Gasteiger partial charge in [0.25, 0.3) is 5.91 Å². The normalized spacial score (nSPS) is 10.5. The Labute approximate surface area is 128 Å². The minimum Gasteiger partial charge on any atom is -0.508 e. The number of nitrogens with one attached hydrogen (secondary N) is 2. The number of aromatic hydroxyl groups is 1. The number of phenols is 1. The van der Waals surface area contributed by atoms with E-state index in [1.165, 1.54) is 18.2 Å². The van der Waals surface area contributed by atoms with Crippen LogP contribution in [0, 0.1) is 18.3 Å². The molecule has 1 aromatic carbocycles. The van der Waals surface area contributed by atoms with Crippen LogP contribution in [-0.4, -0.2) is 30.1 Å². The van der Waals surface area contributed by atoms with E-state index in [0.29, 0.717) is 11.3 Å². The van der Waals surface area contributed by atoms with Gasteiger partial charge in [-0.3, -0.25) is 9.59 Å². The number of benzene rings is 1. The van der Waals surface area contributed by atoms with E-state index in [1.807, 2.05) is 0 Å². The maximum Gasteiger partial charge on any atom is 0.325 e. The first-order chi connectivity index (χ1) is 10.5. The highest BCUT2D eigenvalue weighted by molar-refractivity contribution is 6.06. The Morgan fingerprint density at radius 2 is 2.18 bits per heavy atom. The predicted octanol–water partition coefficient (Wildman–Crippen LogP) is 1.20. The van der Waals surface area contributed by atoms with Gasteiger partial charge in [-0.1, -0.05) is 0 Å². The Bertz CT molecular complexity index is 632. The molecule has 0 saturated heterocycles. The number of carbonyl (C=O) groups is 2. The molecule has 1 amide bonds. The Hall–Kier alpha value is -3.01. The average molecular weight is 303 g/mol. The number of phenolic OH excluding ortho intramolecular Hbond substituents is 1. The van der Waals surface area contributed by atoms with Gasteiger partial charge in [0, 0.05) is 11.9 Å². The first-order valence-electron chi connectivity index (χ1n) is 6.58. The molecule has 0 fully saturated rings. The summed E-state index contributed by atoms with van der Waals surface area (Å²) < 4.78 is 4.70. The lowest BCUT2D eigenvalue weighted by atomic mass is 10.2. The van der Waals surface area contributed by atoms with Crippen LogP contribution in [-0.2, 0) is 14.3 Å². The lowest BCUT2D eigenvalue weighted by molar-refractivity contribution is -0.141. The third-order valence-corrected chi connectivity index (χ3v) is 2.62. The lowest BCUT2D eigenvalue weighted by Gasteiger charge is -2.08. The van der Waals surface area contributed by atoms with Crippen molar-refractivity contribution in [2.75, 3.05) is 18.5 Å². The number of aryl methyl sites for hydroxylation is 1. The Kier molecular flexibility index (Phi) is 6.44. The van der Waals surface area contributed by atoms with Crippen molar-refractivity contribution >= 4 is 17.6 Å². The molecule has 0 bridgehead atoms. The molecule has 3 N–H and O–H groups in total. The van der Waals surface area contributed by atoms with Crippen LogP contribution >= 0.6 is 0 Å². The van der Waals surface area contributed by atoms with Crippen LogP contribution < -0.4 is 10.6 Å². The number of ether oxygens (including phenoxy) is 1. The van der Waals surface area contributed by atoms with Crippen molar-refractivity contribution in [3.8, 4) is 11.8 Å². The van der Waals surface area contributed by atoms with Gasteiger partial charge in [0.15, 0.2) is 0 Å². The van der Waals surface area contributed by atoms with Gasteiger partial charge in [0.1, 0.15) is 23.9 Å². The molecule has 7 heteroatoms.